The third-order valence-electron chi connectivity index (χ3n) is 3.93. The van der Waals surface area contributed by atoms with E-state index in [0.717, 1.165) is 37.8 Å². The highest BCUT2D eigenvalue weighted by Gasteiger charge is 2.20. The van der Waals surface area contributed by atoms with E-state index in [9.17, 15) is 4.79 Å². The number of benzene rings is 1. The SMILES string of the molecule is CCN(CC)Cc1cccc(NC(=O)CNCC2CC2)c1. The summed E-state index contributed by atoms with van der Waals surface area (Å²) in [4.78, 5) is 14.2. The fraction of sp³-hybridized carbons (Fsp3) is 0.588. The van der Waals surface area contributed by atoms with Crippen LogP contribution in [0.5, 0.6) is 0 Å². The maximum atomic E-state index is 11.9. The van der Waals surface area contributed by atoms with Crippen molar-refractivity contribution in [3.8, 4) is 0 Å². The molecule has 1 saturated carbocycles. The molecule has 1 aromatic rings. The Labute approximate surface area is 127 Å². The standard InChI is InChI=1S/C17H27N3O/c1-3-20(4-2)13-15-6-5-7-16(10-15)19-17(21)12-18-11-14-8-9-14/h5-7,10,14,18H,3-4,8-9,11-13H2,1-2H3,(H,19,21). The summed E-state index contributed by atoms with van der Waals surface area (Å²) in [5.41, 5.74) is 2.13. The van der Waals surface area contributed by atoms with E-state index >= 15 is 0 Å². The minimum Gasteiger partial charge on any atom is -0.325 e. The summed E-state index contributed by atoms with van der Waals surface area (Å²) < 4.78 is 0. The van der Waals surface area contributed by atoms with Gasteiger partial charge in [-0.1, -0.05) is 26.0 Å². The van der Waals surface area contributed by atoms with Crippen LogP contribution in [0.25, 0.3) is 0 Å². The van der Waals surface area contributed by atoms with E-state index in [2.05, 4.69) is 41.5 Å². The Balaban J connectivity index is 1.80. The number of hydrogen-bond donors (Lipinski definition) is 2. The third-order valence-corrected chi connectivity index (χ3v) is 3.93. The molecule has 4 nitrogen and oxygen atoms in total. The lowest BCUT2D eigenvalue weighted by Gasteiger charge is -2.18. The molecule has 0 unspecified atom stereocenters. The molecule has 2 N–H and O–H groups in total. The van der Waals surface area contributed by atoms with Crippen LogP contribution in [0.4, 0.5) is 5.69 Å². The summed E-state index contributed by atoms with van der Waals surface area (Å²) in [6, 6.07) is 8.13. The van der Waals surface area contributed by atoms with Crippen molar-refractivity contribution in [1.82, 2.24) is 10.2 Å². The second-order valence-corrected chi connectivity index (χ2v) is 5.78. The van der Waals surface area contributed by atoms with Crippen molar-refractivity contribution in [1.29, 1.82) is 0 Å². The zero-order valence-electron chi connectivity index (χ0n) is 13.2. The van der Waals surface area contributed by atoms with Crippen LogP contribution in [0.3, 0.4) is 0 Å². The van der Waals surface area contributed by atoms with Crippen LogP contribution in [-0.2, 0) is 11.3 Å². The Hall–Kier alpha value is -1.39. The highest BCUT2D eigenvalue weighted by atomic mass is 16.1. The molecule has 0 aliphatic heterocycles. The number of rotatable bonds is 9. The fourth-order valence-corrected chi connectivity index (χ4v) is 2.37. The van der Waals surface area contributed by atoms with Gasteiger partial charge in [0.05, 0.1) is 6.54 Å². The monoisotopic (exact) mass is 289 g/mol. The molecule has 0 heterocycles. The topological polar surface area (TPSA) is 44.4 Å². The average molecular weight is 289 g/mol. The average Bonchev–Trinajstić information content (AvgIpc) is 3.29. The lowest BCUT2D eigenvalue weighted by Crippen LogP contribution is -2.29. The van der Waals surface area contributed by atoms with E-state index in [0.29, 0.717) is 6.54 Å². The Kier molecular flexibility index (Phi) is 6.21. The van der Waals surface area contributed by atoms with Gasteiger partial charge >= 0.3 is 0 Å². The summed E-state index contributed by atoms with van der Waals surface area (Å²) in [6.45, 7) is 8.71. The molecule has 21 heavy (non-hydrogen) atoms. The Morgan fingerprint density at radius 3 is 2.71 bits per heavy atom. The molecule has 0 saturated heterocycles. The second-order valence-electron chi connectivity index (χ2n) is 5.78. The molecule has 4 heteroatoms. The van der Waals surface area contributed by atoms with E-state index in [1.165, 1.54) is 18.4 Å². The quantitative estimate of drug-likeness (QED) is 0.734. The second kappa shape index (κ2) is 8.15. The normalized spacial score (nSPS) is 14.4. The van der Waals surface area contributed by atoms with Gasteiger partial charge in [0.25, 0.3) is 0 Å². The van der Waals surface area contributed by atoms with Crippen molar-refractivity contribution in [2.75, 3.05) is 31.5 Å². The van der Waals surface area contributed by atoms with Crippen molar-refractivity contribution in [2.45, 2.75) is 33.2 Å². The van der Waals surface area contributed by atoms with E-state index in [1.54, 1.807) is 0 Å². The fourth-order valence-electron chi connectivity index (χ4n) is 2.37. The summed E-state index contributed by atoms with van der Waals surface area (Å²) in [7, 11) is 0. The van der Waals surface area contributed by atoms with Gasteiger partial charge in [-0.05, 0) is 56.1 Å². The molecular weight excluding hydrogens is 262 g/mol. The summed E-state index contributed by atoms with van der Waals surface area (Å²) in [5, 5.41) is 6.18. The number of nitrogens with zero attached hydrogens (tertiary/aromatic N) is 1. The van der Waals surface area contributed by atoms with Crippen molar-refractivity contribution in [2.24, 2.45) is 5.92 Å². The first-order valence-electron chi connectivity index (χ1n) is 8.03. The lowest BCUT2D eigenvalue weighted by molar-refractivity contribution is -0.115. The van der Waals surface area contributed by atoms with Crippen LogP contribution in [0.2, 0.25) is 0 Å². The maximum absolute atomic E-state index is 11.9. The predicted octanol–water partition coefficient (Wildman–Crippen LogP) is 2.47. The van der Waals surface area contributed by atoms with Crippen LogP contribution in [0.1, 0.15) is 32.3 Å². The molecular formula is C17H27N3O. The van der Waals surface area contributed by atoms with Crippen LogP contribution in [-0.4, -0.2) is 37.0 Å². The molecule has 1 aromatic carbocycles. The highest BCUT2D eigenvalue weighted by molar-refractivity contribution is 5.92. The van der Waals surface area contributed by atoms with Crippen molar-refractivity contribution in [3.05, 3.63) is 29.8 Å². The minimum absolute atomic E-state index is 0.0376. The van der Waals surface area contributed by atoms with Gasteiger partial charge in [-0.25, -0.2) is 0 Å². The van der Waals surface area contributed by atoms with Gasteiger partial charge in [-0.3, -0.25) is 9.69 Å². The van der Waals surface area contributed by atoms with Gasteiger partial charge in [0.15, 0.2) is 0 Å². The first kappa shape index (κ1) is 16.0. The van der Waals surface area contributed by atoms with E-state index < -0.39 is 0 Å². The van der Waals surface area contributed by atoms with Gasteiger partial charge in [-0.2, -0.15) is 0 Å². The van der Waals surface area contributed by atoms with Gasteiger partial charge in [0, 0.05) is 12.2 Å². The van der Waals surface area contributed by atoms with Gasteiger partial charge in [0.2, 0.25) is 5.91 Å². The maximum Gasteiger partial charge on any atom is 0.238 e. The molecule has 1 aliphatic carbocycles. The third kappa shape index (κ3) is 5.86. The molecule has 2 rings (SSSR count). The van der Waals surface area contributed by atoms with Crippen molar-refractivity contribution >= 4 is 11.6 Å². The summed E-state index contributed by atoms with van der Waals surface area (Å²) in [6.07, 6.45) is 2.62. The zero-order chi connectivity index (χ0) is 15.1. The predicted molar refractivity (Wildman–Crippen MR) is 87.3 cm³/mol. The molecule has 0 radical (unpaired) electrons. The first-order valence-corrected chi connectivity index (χ1v) is 8.03. The van der Waals surface area contributed by atoms with Gasteiger partial charge in [0.1, 0.15) is 0 Å². The zero-order valence-corrected chi connectivity index (χ0v) is 13.2. The molecule has 1 amide bonds. The van der Waals surface area contributed by atoms with Crippen LogP contribution >= 0.6 is 0 Å². The van der Waals surface area contributed by atoms with E-state index in [4.69, 9.17) is 0 Å². The van der Waals surface area contributed by atoms with Gasteiger partial charge in [-0.15, -0.1) is 0 Å². The van der Waals surface area contributed by atoms with Crippen LogP contribution in [0.15, 0.2) is 24.3 Å². The first-order chi connectivity index (χ1) is 10.2. The Morgan fingerprint density at radius 2 is 2.05 bits per heavy atom. The lowest BCUT2D eigenvalue weighted by atomic mass is 10.2. The van der Waals surface area contributed by atoms with Crippen LogP contribution in [0, 0.1) is 5.92 Å². The summed E-state index contributed by atoms with van der Waals surface area (Å²) in [5.74, 6) is 0.839. The number of carbonyl (C=O) groups is 1. The molecule has 0 aromatic heterocycles. The molecule has 1 fully saturated rings. The number of hydrogen-bond acceptors (Lipinski definition) is 3. The van der Waals surface area contributed by atoms with E-state index in [1.807, 2.05) is 12.1 Å². The van der Waals surface area contributed by atoms with Crippen molar-refractivity contribution in [3.63, 3.8) is 0 Å². The molecule has 0 spiro atoms. The number of anilines is 1. The van der Waals surface area contributed by atoms with E-state index in [-0.39, 0.29) is 5.91 Å². The van der Waals surface area contributed by atoms with Crippen LogP contribution < -0.4 is 10.6 Å². The highest BCUT2D eigenvalue weighted by Crippen LogP contribution is 2.27. The molecule has 0 bridgehead atoms. The molecule has 116 valence electrons. The summed E-state index contributed by atoms with van der Waals surface area (Å²) >= 11 is 0. The molecule has 1 aliphatic rings. The smallest absolute Gasteiger partial charge is 0.238 e. The number of carbonyl (C=O) groups excluding carboxylic acids is 1. The largest absolute Gasteiger partial charge is 0.325 e. The minimum atomic E-state index is 0.0376. The molecule has 0 atom stereocenters. The Bertz CT molecular complexity index is 453. The number of amides is 1. The number of nitrogens with one attached hydrogen (secondary N) is 2. The van der Waals surface area contributed by atoms with Crippen molar-refractivity contribution < 1.29 is 4.79 Å². The van der Waals surface area contributed by atoms with Gasteiger partial charge < -0.3 is 10.6 Å². The Morgan fingerprint density at radius 1 is 1.29 bits per heavy atom.